The van der Waals surface area contributed by atoms with Crippen molar-refractivity contribution in [2.75, 3.05) is 59.4 Å². The number of halogens is 1. The fraction of sp³-hybridized carbons (Fsp3) is 0.955. The molecule has 29 heavy (non-hydrogen) atoms. The molecule has 171 valence electrons. The number of nitrogens with zero attached hydrogens (tertiary/aromatic N) is 5. The van der Waals surface area contributed by atoms with Gasteiger partial charge in [-0.05, 0) is 72.2 Å². The molecular formula is C22H41ClMnN5-3. The molecule has 4 atom stereocenters. The zero-order chi connectivity index (χ0) is 19.8. The molecule has 0 N–H and O–H groups in total. The molecule has 5 aliphatic rings. The summed E-state index contributed by atoms with van der Waals surface area (Å²) in [6.45, 7) is 9.62. The molecule has 7 heteroatoms. The van der Waals surface area contributed by atoms with Gasteiger partial charge in [-0.3, -0.25) is 6.38 Å². The number of hydrogen-bond donors (Lipinski definition) is 0. The molecule has 0 amide bonds. The van der Waals surface area contributed by atoms with Crippen LogP contribution in [0.15, 0.2) is 0 Å². The van der Waals surface area contributed by atoms with Gasteiger partial charge in [0.1, 0.15) is 0 Å². The molecule has 0 aliphatic carbocycles. The van der Waals surface area contributed by atoms with Crippen LogP contribution in [0.1, 0.15) is 51.4 Å². The van der Waals surface area contributed by atoms with Crippen LogP contribution in [0.4, 0.5) is 0 Å². The van der Waals surface area contributed by atoms with Crippen molar-refractivity contribution < 1.29 is 17.1 Å². The first-order valence-corrected chi connectivity index (χ1v) is 12.1. The van der Waals surface area contributed by atoms with E-state index in [1.165, 1.54) is 104 Å². The van der Waals surface area contributed by atoms with Crippen LogP contribution in [0, 0.1) is 6.38 Å². The van der Waals surface area contributed by atoms with Gasteiger partial charge >= 0.3 is 0 Å². The van der Waals surface area contributed by atoms with Gasteiger partial charge in [0.15, 0.2) is 0 Å². The predicted molar refractivity (Wildman–Crippen MR) is 120 cm³/mol. The maximum atomic E-state index is 5.31. The Bertz CT molecular complexity index is 381. The minimum atomic E-state index is 0. The van der Waals surface area contributed by atoms with Gasteiger partial charge in [-0.2, -0.15) is 0 Å². The Morgan fingerprint density at radius 1 is 0.621 bits per heavy atom. The van der Waals surface area contributed by atoms with Crippen LogP contribution in [0.3, 0.4) is 0 Å². The van der Waals surface area contributed by atoms with E-state index in [9.17, 15) is 0 Å². The largest absolute Gasteiger partial charge is 0.655 e. The Balaban J connectivity index is 0.000000970. The quantitative estimate of drug-likeness (QED) is 0.402. The zero-order valence-corrected chi connectivity index (χ0v) is 20.3. The summed E-state index contributed by atoms with van der Waals surface area (Å²) < 4.78 is 0. The van der Waals surface area contributed by atoms with E-state index in [1.807, 2.05) is 0 Å². The van der Waals surface area contributed by atoms with E-state index in [4.69, 9.17) is 10.6 Å². The van der Waals surface area contributed by atoms with E-state index in [-0.39, 0.29) is 17.1 Å². The van der Waals surface area contributed by atoms with Gasteiger partial charge in [0.05, 0.1) is 0 Å². The van der Waals surface area contributed by atoms with Crippen molar-refractivity contribution in [3.05, 3.63) is 17.0 Å². The first-order chi connectivity index (χ1) is 13.7. The molecule has 5 heterocycles. The number of piperidine rings is 2. The topological polar surface area (TPSA) is 37.9 Å². The van der Waals surface area contributed by atoms with Crippen molar-refractivity contribution in [2.45, 2.75) is 75.5 Å². The summed E-state index contributed by atoms with van der Waals surface area (Å²) in [7, 11) is 2.31. The summed E-state index contributed by atoms with van der Waals surface area (Å²) >= 11 is 4.39. The van der Waals surface area contributed by atoms with Crippen LogP contribution in [0.2, 0.25) is 0 Å². The molecule has 6 bridgehead atoms. The number of fused-ring (bicyclic) bond motifs is 6. The maximum Gasteiger partial charge on any atom is 0 e. The smallest absolute Gasteiger partial charge is 0 e. The molecule has 0 saturated carbocycles. The van der Waals surface area contributed by atoms with E-state index >= 15 is 0 Å². The van der Waals surface area contributed by atoms with Crippen molar-refractivity contribution in [1.29, 1.82) is 0 Å². The third-order valence-corrected chi connectivity index (χ3v) is 6.90. The maximum absolute atomic E-state index is 5.31. The molecule has 1 radical (unpaired) electrons. The van der Waals surface area contributed by atoms with Gasteiger partial charge in [0.2, 0.25) is 0 Å². The standard InChI is InChI=1S/C21H39N5.CH2Cl.Mn/c1-24-10-4-12-25-14-18-6-2-7-19(22-18)15-26(13-5-11-24)17-21-9-3-8-20(16-25)23-21;1-2;/h18-21H,2-17H2,1H3;1H2;/q-2;-1;. The van der Waals surface area contributed by atoms with Gasteiger partial charge in [0, 0.05) is 17.1 Å². The average molecular weight is 466 g/mol. The Hall–Kier alpha value is 0.609. The van der Waals surface area contributed by atoms with Crippen LogP contribution in [-0.2, 0) is 17.1 Å². The summed E-state index contributed by atoms with van der Waals surface area (Å²) in [6, 6.07) is 2.26. The fourth-order valence-electron chi connectivity index (χ4n) is 5.57. The molecule has 0 aromatic rings. The third-order valence-electron chi connectivity index (χ3n) is 6.90. The molecule has 0 aromatic carbocycles. The van der Waals surface area contributed by atoms with Gasteiger partial charge in [-0.1, -0.05) is 38.5 Å². The average Bonchev–Trinajstić information content (AvgIpc) is 2.69. The van der Waals surface area contributed by atoms with Crippen LogP contribution in [0.25, 0.3) is 10.6 Å². The monoisotopic (exact) mass is 465 g/mol. The van der Waals surface area contributed by atoms with Crippen LogP contribution in [0.5, 0.6) is 0 Å². The number of hydrogen-bond acceptors (Lipinski definition) is 3. The van der Waals surface area contributed by atoms with Crippen LogP contribution in [-0.4, -0.2) is 98.3 Å². The van der Waals surface area contributed by atoms with E-state index < -0.39 is 0 Å². The van der Waals surface area contributed by atoms with Crippen molar-refractivity contribution in [3.63, 3.8) is 0 Å². The second-order valence-electron chi connectivity index (χ2n) is 9.30. The Morgan fingerprint density at radius 3 is 1.31 bits per heavy atom. The Kier molecular flexibility index (Phi) is 12.4. The van der Waals surface area contributed by atoms with Crippen LogP contribution >= 0.6 is 11.6 Å². The molecule has 4 unspecified atom stereocenters. The van der Waals surface area contributed by atoms with E-state index in [1.54, 1.807) is 0 Å². The van der Waals surface area contributed by atoms with E-state index in [0.29, 0.717) is 24.2 Å². The fourth-order valence-corrected chi connectivity index (χ4v) is 5.57. The first kappa shape index (κ1) is 25.9. The van der Waals surface area contributed by atoms with Crippen LogP contribution < -0.4 is 0 Å². The molecule has 5 fully saturated rings. The Labute approximate surface area is 195 Å². The molecule has 5 rings (SSSR count). The minimum absolute atomic E-state index is 0. The third kappa shape index (κ3) is 8.57. The molecule has 5 nitrogen and oxygen atoms in total. The summed E-state index contributed by atoms with van der Waals surface area (Å²) in [5.41, 5.74) is 0. The Morgan fingerprint density at radius 2 is 0.966 bits per heavy atom. The summed E-state index contributed by atoms with van der Waals surface area (Å²) in [4.78, 5) is 8.00. The number of rotatable bonds is 0. The van der Waals surface area contributed by atoms with Crippen molar-refractivity contribution >= 4 is 11.6 Å². The second kappa shape index (κ2) is 13.9. The normalized spacial score (nSPS) is 39.4. The SMILES string of the molecule is CN1CCCN2CC3CCCC(CN(CCC1)CC1CCCC(C2)[N-]1)[N-]3.[CH2-]Cl.[Mn]. The summed E-state index contributed by atoms with van der Waals surface area (Å²) in [6.07, 6.45) is 13.3. The van der Waals surface area contributed by atoms with Crippen molar-refractivity contribution in [2.24, 2.45) is 0 Å². The molecule has 5 saturated heterocycles. The molecule has 0 spiro atoms. The van der Waals surface area contributed by atoms with Crippen molar-refractivity contribution in [3.8, 4) is 0 Å². The summed E-state index contributed by atoms with van der Waals surface area (Å²) in [5, 5.41) is 10.6. The van der Waals surface area contributed by atoms with E-state index in [0.717, 1.165) is 0 Å². The van der Waals surface area contributed by atoms with Gasteiger partial charge < -0.3 is 36.9 Å². The first-order valence-electron chi connectivity index (χ1n) is 11.5. The van der Waals surface area contributed by atoms with Gasteiger partial charge in [-0.25, -0.2) is 0 Å². The van der Waals surface area contributed by atoms with Gasteiger partial charge in [0.25, 0.3) is 0 Å². The zero-order valence-electron chi connectivity index (χ0n) is 18.3. The molecular weight excluding hydrogens is 425 g/mol. The molecule has 0 aromatic heterocycles. The summed E-state index contributed by atoms with van der Waals surface area (Å²) in [5.74, 6) is 0. The van der Waals surface area contributed by atoms with E-state index in [2.05, 4.69) is 39.7 Å². The second-order valence-corrected chi connectivity index (χ2v) is 9.30. The van der Waals surface area contributed by atoms with Crippen molar-refractivity contribution in [1.82, 2.24) is 14.7 Å². The predicted octanol–water partition coefficient (Wildman–Crippen LogP) is 3.93. The molecule has 5 aliphatic heterocycles. The minimum Gasteiger partial charge on any atom is -0.655 e. The van der Waals surface area contributed by atoms with Gasteiger partial charge in [-0.15, -0.1) is 24.2 Å².